The first kappa shape index (κ1) is 16.0. The Morgan fingerprint density at radius 2 is 1.79 bits per heavy atom. The van der Waals surface area contributed by atoms with E-state index in [0.29, 0.717) is 0 Å². The second-order valence-electron chi connectivity index (χ2n) is 5.79. The first-order chi connectivity index (χ1) is 11.7. The molecule has 0 amide bonds. The Hall–Kier alpha value is -2.89. The molecule has 3 aromatic rings. The minimum Gasteiger partial charge on any atom is -0.497 e. The first-order valence-corrected chi connectivity index (χ1v) is 7.93. The van der Waals surface area contributed by atoms with Crippen molar-refractivity contribution in [3.63, 3.8) is 0 Å². The average molecular weight is 323 g/mol. The molecule has 6 heteroatoms. The Bertz CT molecular complexity index is 785. The Kier molecular flexibility index (Phi) is 4.46. The third-order valence-electron chi connectivity index (χ3n) is 4.18. The molecular formula is C18H21N5O. The van der Waals surface area contributed by atoms with Crippen LogP contribution in [0.1, 0.15) is 26.1 Å². The quantitative estimate of drug-likeness (QED) is 0.753. The summed E-state index contributed by atoms with van der Waals surface area (Å²) in [5.41, 5.74) is 1.53. The van der Waals surface area contributed by atoms with Crippen LogP contribution in [0.4, 0.5) is 5.69 Å². The minimum atomic E-state index is -0.398. The maximum atomic E-state index is 5.21. The molecule has 24 heavy (non-hydrogen) atoms. The summed E-state index contributed by atoms with van der Waals surface area (Å²) < 4.78 is 6.97. The van der Waals surface area contributed by atoms with E-state index in [0.717, 1.165) is 29.4 Å². The number of benzene rings is 2. The van der Waals surface area contributed by atoms with Gasteiger partial charge in [0.1, 0.15) is 5.75 Å². The van der Waals surface area contributed by atoms with Crippen LogP contribution in [0, 0.1) is 0 Å². The molecule has 2 aromatic carbocycles. The zero-order valence-corrected chi connectivity index (χ0v) is 14.1. The standard InChI is InChI=1S/C18H21N5O/c1-4-18(2,19-14-8-6-5-7-9-14)17-20-21-22-23(17)15-10-12-16(24-3)13-11-15/h5-13,19H,4H2,1-3H3/t18-/m1/s1. The Morgan fingerprint density at radius 3 is 2.42 bits per heavy atom. The molecule has 0 aliphatic carbocycles. The minimum absolute atomic E-state index is 0.398. The summed E-state index contributed by atoms with van der Waals surface area (Å²) in [5, 5.41) is 15.9. The number of nitrogens with one attached hydrogen (secondary N) is 1. The van der Waals surface area contributed by atoms with Gasteiger partial charge >= 0.3 is 0 Å². The highest BCUT2D eigenvalue weighted by atomic mass is 16.5. The molecule has 1 N–H and O–H groups in total. The summed E-state index contributed by atoms with van der Waals surface area (Å²) in [6.07, 6.45) is 0.832. The van der Waals surface area contributed by atoms with Crippen LogP contribution in [-0.4, -0.2) is 27.3 Å². The Morgan fingerprint density at radius 1 is 1.08 bits per heavy atom. The van der Waals surface area contributed by atoms with Gasteiger partial charge in [-0.05, 0) is 60.2 Å². The highest BCUT2D eigenvalue weighted by molar-refractivity contribution is 5.46. The van der Waals surface area contributed by atoms with Gasteiger partial charge in [-0.25, -0.2) is 0 Å². The summed E-state index contributed by atoms with van der Waals surface area (Å²) in [6, 6.07) is 17.8. The van der Waals surface area contributed by atoms with E-state index in [-0.39, 0.29) is 0 Å². The molecule has 1 heterocycles. The highest BCUT2D eigenvalue weighted by Gasteiger charge is 2.31. The molecule has 124 valence electrons. The number of anilines is 1. The van der Waals surface area contributed by atoms with Gasteiger partial charge in [-0.2, -0.15) is 4.68 Å². The highest BCUT2D eigenvalue weighted by Crippen LogP contribution is 2.29. The van der Waals surface area contributed by atoms with Crippen molar-refractivity contribution in [2.24, 2.45) is 0 Å². The number of hydrogen-bond donors (Lipinski definition) is 1. The van der Waals surface area contributed by atoms with E-state index >= 15 is 0 Å². The van der Waals surface area contributed by atoms with E-state index in [9.17, 15) is 0 Å². The van der Waals surface area contributed by atoms with E-state index in [2.05, 4.69) is 34.7 Å². The van der Waals surface area contributed by atoms with Gasteiger partial charge in [0.15, 0.2) is 5.82 Å². The van der Waals surface area contributed by atoms with Gasteiger partial charge in [-0.3, -0.25) is 0 Å². The SMILES string of the molecule is CC[C@@](C)(Nc1ccccc1)c1nnnn1-c1ccc(OC)cc1. The Balaban J connectivity index is 1.97. The normalized spacial score (nSPS) is 13.3. The Labute approximate surface area is 141 Å². The zero-order valence-electron chi connectivity index (χ0n) is 14.1. The molecule has 6 nitrogen and oxygen atoms in total. The maximum absolute atomic E-state index is 5.21. The van der Waals surface area contributed by atoms with E-state index in [4.69, 9.17) is 4.74 Å². The fraction of sp³-hybridized carbons (Fsp3) is 0.278. The predicted molar refractivity (Wildman–Crippen MR) is 93.4 cm³/mol. The van der Waals surface area contributed by atoms with Crippen LogP contribution in [0.25, 0.3) is 5.69 Å². The molecule has 1 atom stereocenters. The van der Waals surface area contributed by atoms with Gasteiger partial charge in [-0.1, -0.05) is 25.1 Å². The molecule has 0 aliphatic heterocycles. The van der Waals surface area contributed by atoms with Gasteiger partial charge in [0.05, 0.1) is 18.3 Å². The zero-order chi connectivity index (χ0) is 17.0. The van der Waals surface area contributed by atoms with Gasteiger partial charge in [-0.15, -0.1) is 5.10 Å². The van der Waals surface area contributed by atoms with Crippen LogP contribution >= 0.6 is 0 Å². The average Bonchev–Trinajstić information content (AvgIpc) is 3.13. The van der Waals surface area contributed by atoms with Crippen molar-refractivity contribution in [2.75, 3.05) is 12.4 Å². The smallest absolute Gasteiger partial charge is 0.181 e. The molecule has 0 radical (unpaired) electrons. The lowest BCUT2D eigenvalue weighted by Crippen LogP contribution is -2.34. The van der Waals surface area contributed by atoms with Crippen molar-refractivity contribution in [3.05, 3.63) is 60.4 Å². The fourth-order valence-electron chi connectivity index (χ4n) is 2.57. The van der Waals surface area contributed by atoms with Crippen molar-refractivity contribution in [1.29, 1.82) is 0 Å². The molecule has 0 spiro atoms. The van der Waals surface area contributed by atoms with Crippen molar-refractivity contribution in [3.8, 4) is 11.4 Å². The number of hydrogen-bond acceptors (Lipinski definition) is 5. The van der Waals surface area contributed by atoms with Crippen LogP contribution in [0.3, 0.4) is 0 Å². The molecule has 1 aromatic heterocycles. The van der Waals surface area contributed by atoms with Gasteiger partial charge in [0.25, 0.3) is 0 Å². The topological polar surface area (TPSA) is 64.9 Å². The van der Waals surface area contributed by atoms with Gasteiger partial charge in [0, 0.05) is 5.69 Å². The number of para-hydroxylation sites is 1. The van der Waals surface area contributed by atoms with E-state index in [1.807, 2.05) is 54.6 Å². The molecular weight excluding hydrogens is 302 g/mol. The van der Waals surface area contributed by atoms with E-state index < -0.39 is 5.54 Å². The molecule has 3 rings (SSSR count). The van der Waals surface area contributed by atoms with Crippen LogP contribution in [0.5, 0.6) is 5.75 Å². The number of methoxy groups -OCH3 is 1. The molecule has 0 bridgehead atoms. The second-order valence-corrected chi connectivity index (χ2v) is 5.79. The van der Waals surface area contributed by atoms with Crippen LogP contribution < -0.4 is 10.1 Å². The van der Waals surface area contributed by atoms with E-state index in [1.165, 1.54) is 0 Å². The summed E-state index contributed by atoms with van der Waals surface area (Å²) >= 11 is 0. The maximum Gasteiger partial charge on any atom is 0.181 e. The number of aromatic nitrogens is 4. The largest absolute Gasteiger partial charge is 0.497 e. The number of ether oxygens (including phenoxy) is 1. The summed E-state index contributed by atoms with van der Waals surface area (Å²) in [5.74, 6) is 1.56. The van der Waals surface area contributed by atoms with E-state index in [1.54, 1.807) is 11.8 Å². The second kappa shape index (κ2) is 6.70. The lowest BCUT2D eigenvalue weighted by Gasteiger charge is -2.29. The molecule has 0 saturated heterocycles. The third kappa shape index (κ3) is 3.08. The molecule has 0 saturated carbocycles. The molecule has 0 aliphatic rings. The lowest BCUT2D eigenvalue weighted by atomic mass is 9.97. The van der Waals surface area contributed by atoms with Gasteiger partial charge in [0.2, 0.25) is 0 Å². The predicted octanol–water partition coefficient (Wildman–Crippen LogP) is 3.41. The molecule has 0 fully saturated rings. The van der Waals surface area contributed by atoms with Gasteiger partial charge < -0.3 is 10.1 Å². The third-order valence-corrected chi connectivity index (χ3v) is 4.18. The summed E-state index contributed by atoms with van der Waals surface area (Å²) in [6.45, 7) is 4.22. The molecule has 0 unspecified atom stereocenters. The van der Waals surface area contributed by atoms with Crippen molar-refractivity contribution in [1.82, 2.24) is 20.2 Å². The number of nitrogens with zero attached hydrogens (tertiary/aromatic N) is 4. The van der Waals surface area contributed by atoms with Crippen molar-refractivity contribution < 1.29 is 4.74 Å². The van der Waals surface area contributed by atoms with Crippen LogP contribution in [0.2, 0.25) is 0 Å². The summed E-state index contributed by atoms with van der Waals surface area (Å²) in [7, 11) is 1.65. The van der Waals surface area contributed by atoms with Crippen LogP contribution in [-0.2, 0) is 5.54 Å². The number of rotatable bonds is 6. The summed E-state index contributed by atoms with van der Waals surface area (Å²) in [4.78, 5) is 0. The monoisotopic (exact) mass is 323 g/mol. The fourth-order valence-corrected chi connectivity index (χ4v) is 2.57. The van der Waals surface area contributed by atoms with Crippen molar-refractivity contribution >= 4 is 5.69 Å². The van der Waals surface area contributed by atoms with Crippen LogP contribution in [0.15, 0.2) is 54.6 Å². The van der Waals surface area contributed by atoms with Crippen molar-refractivity contribution in [2.45, 2.75) is 25.8 Å². The lowest BCUT2D eigenvalue weighted by molar-refractivity contribution is 0.414. The first-order valence-electron chi connectivity index (χ1n) is 7.93. The number of tetrazole rings is 1.